The molecule has 0 spiro atoms. The van der Waals surface area contributed by atoms with Gasteiger partial charge in [-0.25, -0.2) is 13.1 Å². The molecule has 0 radical (unpaired) electrons. The Labute approximate surface area is 177 Å². The van der Waals surface area contributed by atoms with Crippen LogP contribution in [0.1, 0.15) is 23.6 Å². The van der Waals surface area contributed by atoms with Gasteiger partial charge in [-0.15, -0.1) is 0 Å². The summed E-state index contributed by atoms with van der Waals surface area (Å²) in [5.74, 6) is 1.67. The van der Waals surface area contributed by atoms with Gasteiger partial charge >= 0.3 is 0 Å². The lowest BCUT2D eigenvalue weighted by atomic mass is 10.1. The van der Waals surface area contributed by atoms with E-state index in [1.807, 2.05) is 30.3 Å². The van der Waals surface area contributed by atoms with Crippen LogP contribution in [-0.4, -0.2) is 37.7 Å². The van der Waals surface area contributed by atoms with E-state index in [0.717, 1.165) is 23.5 Å². The molecule has 1 unspecified atom stereocenters. The molecule has 148 valence electrons. The van der Waals surface area contributed by atoms with E-state index >= 15 is 0 Å². The number of rotatable bonds is 7. The lowest BCUT2D eigenvalue weighted by molar-refractivity contribution is 0.276. The van der Waals surface area contributed by atoms with Gasteiger partial charge in [-0.3, -0.25) is 0 Å². The lowest BCUT2D eigenvalue weighted by Crippen LogP contribution is -2.35. The fraction of sp³-hybridized carbons (Fsp3) is 0.316. The largest absolute Gasteiger partial charge is 0.394 e. The van der Waals surface area contributed by atoms with Crippen molar-refractivity contribution in [3.63, 3.8) is 0 Å². The second kappa shape index (κ2) is 9.29. The number of hydrogen-bond donors (Lipinski definition) is 3. The molecule has 0 bridgehead atoms. The van der Waals surface area contributed by atoms with Gasteiger partial charge in [-0.2, -0.15) is 17.0 Å². The number of aliphatic hydroxyl groups is 1. The number of sulfonamides is 1. The van der Waals surface area contributed by atoms with E-state index in [1.54, 1.807) is 11.8 Å². The fourth-order valence-corrected chi connectivity index (χ4v) is 6.28. The number of nitriles is 1. The van der Waals surface area contributed by atoms with Crippen molar-refractivity contribution in [3.8, 4) is 6.07 Å². The fourth-order valence-electron chi connectivity index (χ4n) is 2.99. The van der Waals surface area contributed by atoms with Crippen LogP contribution in [0.5, 0.6) is 0 Å². The first-order valence-corrected chi connectivity index (χ1v) is 12.1. The number of nitrogens with zero attached hydrogens (tertiary/aromatic N) is 1. The minimum atomic E-state index is -3.80. The predicted octanol–water partition coefficient (Wildman–Crippen LogP) is 3.25. The van der Waals surface area contributed by atoms with Gasteiger partial charge in [-0.1, -0.05) is 30.3 Å². The van der Waals surface area contributed by atoms with Crippen molar-refractivity contribution in [2.45, 2.75) is 23.4 Å². The maximum absolute atomic E-state index is 13.0. The quantitative estimate of drug-likeness (QED) is 0.560. The Hall–Kier alpha value is -1.57. The first kappa shape index (κ1) is 21.1. The molecule has 0 aliphatic carbocycles. The molecule has 1 heterocycles. The zero-order valence-electron chi connectivity index (χ0n) is 14.9. The second-order valence-electron chi connectivity index (χ2n) is 6.41. The SMILES string of the molecule is N#Cc1cc(N[C@H](CO)c2ccccc2)c(S(=O)(=O)NC2CCSC2)cc1Br. The Balaban J connectivity index is 2.00. The van der Waals surface area contributed by atoms with E-state index in [4.69, 9.17) is 0 Å². The Morgan fingerprint density at radius 3 is 2.68 bits per heavy atom. The van der Waals surface area contributed by atoms with Gasteiger partial charge in [-0.05, 0) is 45.8 Å². The average molecular weight is 482 g/mol. The van der Waals surface area contributed by atoms with E-state index in [1.165, 1.54) is 12.1 Å². The van der Waals surface area contributed by atoms with Gasteiger partial charge in [0.1, 0.15) is 11.0 Å². The van der Waals surface area contributed by atoms with E-state index in [9.17, 15) is 18.8 Å². The van der Waals surface area contributed by atoms with E-state index in [-0.39, 0.29) is 23.2 Å². The summed E-state index contributed by atoms with van der Waals surface area (Å²) >= 11 is 4.99. The van der Waals surface area contributed by atoms with Crippen molar-refractivity contribution in [2.75, 3.05) is 23.4 Å². The highest BCUT2D eigenvalue weighted by molar-refractivity contribution is 9.10. The smallest absolute Gasteiger partial charge is 0.242 e. The van der Waals surface area contributed by atoms with E-state index in [0.29, 0.717) is 10.0 Å². The molecule has 0 amide bonds. The molecule has 1 aliphatic rings. The zero-order chi connectivity index (χ0) is 20.1. The van der Waals surface area contributed by atoms with E-state index in [2.05, 4.69) is 32.0 Å². The van der Waals surface area contributed by atoms with Crippen molar-refractivity contribution in [2.24, 2.45) is 0 Å². The van der Waals surface area contributed by atoms with Crippen molar-refractivity contribution in [3.05, 3.63) is 58.1 Å². The molecule has 2 atom stereocenters. The maximum Gasteiger partial charge on any atom is 0.242 e. The summed E-state index contributed by atoms with van der Waals surface area (Å²) in [5, 5.41) is 22.3. The number of hydrogen-bond acceptors (Lipinski definition) is 6. The molecule has 9 heteroatoms. The number of thioether (sulfide) groups is 1. The van der Waals surface area contributed by atoms with Crippen LogP contribution in [0.2, 0.25) is 0 Å². The normalized spacial score (nSPS) is 17.8. The average Bonchev–Trinajstić information content (AvgIpc) is 3.19. The molecule has 1 aliphatic heterocycles. The molecule has 0 saturated carbocycles. The highest BCUT2D eigenvalue weighted by atomic mass is 79.9. The third kappa shape index (κ3) is 4.88. The van der Waals surface area contributed by atoms with Crippen molar-refractivity contribution < 1.29 is 13.5 Å². The Kier molecular flexibility index (Phi) is 7.01. The van der Waals surface area contributed by atoms with Crippen LogP contribution < -0.4 is 10.0 Å². The highest BCUT2D eigenvalue weighted by Gasteiger charge is 2.27. The van der Waals surface area contributed by atoms with Crippen molar-refractivity contribution >= 4 is 43.4 Å². The standard InChI is InChI=1S/C19H20BrN3O3S2/c20-16-9-19(28(25,26)23-15-6-7-27-12-15)17(8-14(16)10-21)22-18(11-24)13-4-2-1-3-5-13/h1-5,8-9,15,18,22-24H,6-7,11-12H2/t15?,18-/m1/s1. The van der Waals surface area contributed by atoms with E-state index < -0.39 is 16.1 Å². The Morgan fingerprint density at radius 2 is 2.07 bits per heavy atom. The topological polar surface area (TPSA) is 102 Å². The molecular formula is C19H20BrN3O3S2. The van der Waals surface area contributed by atoms with Gasteiger partial charge in [0.15, 0.2) is 0 Å². The van der Waals surface area contributed by atoms with Crippen LogP contribution in [-0.2, 0) is 10.0 Å². The Morgan fingerprint density at radius 1 is 1.32 bits per heavy atom. The van der Waals surface area contributed by atoms with Crippen LogP contribution in [0.4, 0.5) is 5.69 Å². The molecule has 0 aromatic heterocycles. The molecule has 2 aromatic rings. The molecule has 1 fully saturated rings. The Bertz CT molecular complexity index is 972. The minimum absolute atomic E-state index is 0.0460. The number of nitrogens with one attached hydrogen (secondary N) is 2. The van der Waals surface area contributed by atoms with Crippen LogP contribution in [0.15, 0.2) is 51.8 Å². The molecule has 3 N–H and O–H groups in total. The lowest BCUT2D eigenvalue weighted by Gasteiger charge is -2.22. The van der Waals surface area contributed by atoms with Crippen molar-refractivity contribution in [1.29, 1.82) is 5.26 Å². The van der Waals surface area contributed by atoms with Crippen LogP contribution in [0, 0.1) is 11.3 Å². The number of benzene rings is 2. The molecule has 2 aromatic carbocycles. The molecule has 3 rings (SSSR count). The monoisotopic (exact) mass is 481 g/mol. The summed E-state index contributed by atoms with van der Waals surface area (Å²) in [6.07, 6.45) is 0.785. The molecule has 6 nitrogen and oxygen atoms in total. The summed E-state index contributed by atoms with van der Waals surface area (Å²) in [5.41, 5.74) is 1.40. The summed E-state index contributed by atoms with van der Waals surface area (Å²) in [6, 6.07) is 13.6. The molecule has 28 heavy (non-hydrogen) atoms. The van der Waals surface area contributed by atoms with Gasteiger partial charge in [0.25, 0.3) is 0 Å². The summed E-state index contributed by atoms with van der Waals surface area (Å²) < 4.78 is 29.2. The summed E-state index contributed by atoms with van der Waals surface area (Å²) in [7, 11) is -3.80. The first-order chi connectivity index (χ1) is 13.4. The third-order valence-electron chi connectivity index (χ3n) is 4.44. The predicted molar refractivity (Wildman–Crippen MR) is 115 cm³/mol. The van der Waals surface area contributed by atoms with Gasteiger partial charge in [0.05, 0.1) is 23.9 Å². The van der Waals surface area contributed by atoms with Crippen LogP contribution >= 0.6 is 27.7 Å². The highest BCUT2D eigenvalue weighted by Crippen LogP contribution is 2.32. The molecular weight excluding hydrogens is 462 g/mol. The van der Waals surface area contributed by atoms with Crippen molar-refractivity contribution in [1.82, 2.24) is 4.72 Å². The first-order valence-electron chi connectivity index (χ1n) is 8.70. The molecule has 1 saturated heterocycles. The minimum Gasteiger partial charge on any atom is -0.394 e. The summed E-state index contributed by atoms with van der Waals surface area (Å²) in [6.45, 7) is -0.228. The maximum atomic E-state index is 13.0. The van der Waals surface area contributed by atoms with Crippen LogP contribution in [0.25, 0.3) is 0 Å². The zero-order valence-corrected chi connectivity index (χ0v) is 18.1. The number of anilines is 1. The third-order valence-corrected chi connectivity index (χ3v) is 7.82. The van der Waals surface area contributed by atoms with Crippen LogP contribution in [0.3, 0.4) is 0 Å². The second-order valence-corrected chi connectivity index (χ2v) is 10.1. The number of aliphatic hydroxyl groups excluding tert-OH is 1. The number of halogens is 1. The van der Waals surface area contributed by atoms with Gasteiger partial charge in [0.2, 0.25) is 10.0 Å². The van der Waals surface area contributed by atoms with Gasteiger partial charge < -0.3 is 10.4 Å². The van der Waals surface area contributed by atoms with Gasteiger partial charge in [0, 0.05) is 16.3 Å². The summed E-state index contributed by atoms with van der Waals surface area (Å²) in [4.78, 5) is 0.0460.